The summed E-state index contributed by atoms with van der Waals surface area (Å²) < 4.78 is 10.5. The van der Waals surface area contributed by atoms with Crippen molar-refractivity contribution in [2.24, 2.45) is 0 Å². The van der Waals surface area contributed by atoms with Crippen molar-refractivity contribution in [2.75, 3.05) is 20.3 Å². The van der Waals surface area contributed by atoms with E-state index in [1.807, 2.05) is 38.1 Å². The van der Waals surface area contributed by atoms with Gasteiger partial charge in [-0.2, -0.15) is 0 Å². The van der Waals surface area contributed by atoms with Crippen molar-refractivity contribution in [1.82, 2.24) is 5.32 Å². The summed E-state index contributed by atoms with van der Waals surface area (Å²) in [5.74, 6) is 0.420. The number of hydrogen-bond donors (Lipinski definition) is 2. The van der Waals surface area contributed by atoms with Crippen molar-refractivity contribution >= 4 is 5.97 Å². The SMILES string of the molecule is CCNC(C)(CCCOc1ccccc1CO)C(=O)OC. The van der Waals surface area contributed by atoms with Gasteiger partial charge < -0.3 is 19.9 Å². The van der Waals surface area contributed by atoms with Gasteiger partial charge in [0.1, 0.15) is 11.3 Å². The van der Waals surface area contributed by atoms with Crippen LogP contribution >= 0.6 is 0 Å². The van der Waals surface area contributed by atoms with Gasteiger partial charge in [0, 0.05) is 5.56 Å². The number of aliphatic hydroxyl groups is 1. The van der Waals surface area contributed by atoms with E-state index in [1.54, 1.807) is 0 Å². The zero-order chi connectivity index (χ0) is 15.7. The molecule has 5 nitrogen and oxygen atoms in total. The molecular weight excluding hydrogens is 270 g/mol. The number of nitrogens with one attached hydrogen (secondary N) is 1. The summed E-state index contributed by atoms with van der Waals surface area (Å²) in [4.78, 5) is 11.8. The molecule has 0 aliphatic rings. The molecule has 1 rings (SSSR count). The number of hydrogen-bond acceptors (Lipinski definition) is 5. The summed E-state index contributed by atoms with van der Waals surface area (Å²) in [6, 6.07) is 7.38. The van der Waals surface area contributed by atoms with E-state index in [9.17, 15) is 9.90 Å². The van der Waals surface area contributed by atoms with Gasteiger partial charge in [-0.15, -0.1) is 0 Å². The molecule has 0 spiro atoms. The lowest BCUT2D eigenvalue weighted by molar-refractivity contribution is -0.148. The van der Waals surface area contributed by atoms with E-state index >= 15 is 0 Å². The quantitative estimate of drug-likeness (QED) is 0.538. The molecule has 5 heteroatoms. The minimum absolute atomic E-state index is 0.0482. The van der Waals surface area contributed by atoms with Gasteiger partial charge >= 0.3 is 5.97 Å². The van der Waals surface area contributed by atoms with Gasteiger partial charge in [-0.1, -0.05) is 25.1 Å². The van der Waals surface area contributed by atoms with Gasteiger partial charge in [0.05, 0.1) is 20.3 Å². The maximum absolute atomic E-state index is 11.8. The first-order valence-corrected chi connectivity index (χ1v) is 7.22. The normalized spacial score (nSPS) is 13.5. The first-order chi connectivity index (χ1) is 10.1. The van der Waals surface area contributed by atoms with Crippen molar-refractivity contribution in [1.29, 1.82) is 0 Å². The second-order valence-corrected chi connectivity index (χ2v) is 5.07. The van der Waals surface area contributed by atoms with Crippen LogP contribution in [0.3, 0.4) is 0 Å². The Morgan fingerprint density at radius 3 is 2.71 bits per heavy atom. The molecule has 118 valence electrons. The zero-order valence-corrected chi connectivity index (χ0v) is 13.0. The van der Waals surface area contributed by atoms with Crippen LogP contribution in [-0.4, -0.2) is 36.9 Å². The van der Waals surface area contributed by atoms with Crippen LogP contribution in [0.2, 0.25) is 0 Å². The fourth-order valence-electron chi connectivity index (χ4n) is 2.26. The van der Waals surface area contributed by atoms with Crippen LogP contribution in [0.5, 0.6) is 5.75 Å². The predicted molar refractivity (Wildman–Crippen MR) is 81.2 cm³/mol. The highest BCUT2D eigenvalue weighted by molar-refractivity contribution is 5.80. The van der Waals surface area contributed by atoms with Crippen LogP contribution in [-0.2, 0) is 16.1 Å². The second kappa shape index (κ2) is 8.64. The minimum atomic E-state index is -0.691. The van der Waals surface area contributed by atoms with E-state index in [4.69, 9.17) is 9.47 Å². The number of esters is 1. The van der Waals surface area contributed by atoms with Crippen LogP contribution in [0.25, 0.3) is 0 Å². The molecule has 0 aromatic heterocycles. The van der Waals surface area contributed by atoms with Gasteiger partial charge in [-0.25, -0.2) is 0 Å². The van der Waals surface area contributed by atoms with Crippen molar-refractivity contribution < 1.29 is 19.4 Å². The van der Waals surface area contributed by atoms with Crippen LogP contribution in [0.4, 0.5) is 0 Å². The molecular formula is C16H25NO4. The summed E-state index contributed by atoms with van der Waals surface area (Å²) in [6.45, 7) is 4.92. The van der Waals surface area contributed by atoms with Crippen LogP contribution < -0.4 is 10.1 Å². The summed E-state index contributed by atoms with van der Waals surface area (Å²) in [6.07, 6.45) is 1.33. The molecule has 0 aliphatic carbocycles. The van der Waals surface area contributed by atoms with Crippen molar-refractivity contribution in [3.63, 3.8) is 0 Å². The molecule has 0 heterocycles. The Kier molecular flexibility index (Phi) is 7.19. The largest absolute Gasteiger partial charge is 0.493 e. The number of methoxy groups -OCH3 is 1. The Labute approximate surface area is 126 Å². The van der Waals surface area contributed by atoms with Crippen molar-refractivity contribution in [2.45, 2.75) is 38.8 Å². The number of rotatable bonds is 9. The molecule has 1 aromatic rings. The lowest BCUT2D eigenvalue weighted by atomic mass is 9.96. The van der Waals surface area contributed by atoms with Gasteiger partial charge in [0.25, 0.3) is 0 Å². The van der Waals surface area contributed by atoms with E-state index < -0.39 is 5.54 Å². The third kappa shape index (κ3) is 5.02. The maximum atomic E-state index is 11.8. The highest BCUT2D eigenvalue weighted by Crippen LogP contribution is 2.19. The average molecular weight is 295 g/mol. The first-order valence-electron chi connectivity index (χ1n) is 7.22. The van der Waals surface area contributed by atoms with E-state index in [-0.39, 0.29) is 12.6 Å². The van der Waals surface area contributed by atoms with Gasteiger partial charge in [-0.3, -0.25) is 4.79 Å². The molecule has 0 radical (unpaired) electrons. The molecule has 0 fully saturated rings. The molecule has 0 aliphatic heterocycles. The Morgan fingerprint density at radius 1 is 1.38 bits per heavy atom. The number of carbonyl (C=O) groups excluding carboxylic acids is 1. The maximum Gasteiger partial charge on any atom is 0.325 e. The molecule has 2 N–H and O–H groups in total. The number of aliphatic hydroxyl groups excluding tert-OH is 1. The van der Waals surface area contributed by atoms with Crippen molar-refractivity contribution in [3.8, 4) is 5.75 Å². The number of para-hydroxylation sites is 1. The van der Waals surface area contributed by atoms with E-state index in [2.05, 4.69) is 5.32 Å². The molecule has 0 saturated carbocycles. The lowest BCUT2D eigenvalue weighted by Crippen LogP contribution is -2.50. The van der Waals surface area contributed by atoms with Crippen LogP contribution in [0.1, 0.15) is 32.3 Å². The number of carbonyl (C=O) groups is 1. The third-order valence-electron chi connectivity index (χ3n) is 3.42. The second-order valence-electron chi connectivity index (χ2n) is 5.07. The van der Waals surface area contributed by atoms with Gasteiger partial charge in [-0.05, 0) is 32.4 Å². The topological polar surface area (TPSA) is 67.8 Å². The Bertz CT molecular complexity index is 450. The number of ether oxygens (including phenoxy) is 2. The fraction of sp³-hybridized carbons (Fsp3) is 0.562. The van der Waals surface area contributed by atoms with Gasteiger partial charge in [0.15, 0.2) is 0 Å². The Balaban J connectivity index is 2.49. The summed E-state index contributed by atoms with van der Waals surface area (Å²) in [7, 11) is 1.39. The first kappa shape index (κ1) is 17.5. The number of benzene rings is 1. The minimum Gasteiger partial charge on any atom is -0.493 e. The molecule has 0 bridgehead atoms. The zero-order valence-electron chi connectivity index (χ0n) is 13.0. The monoisotopic (exact) mass is 295 g/mol. The fourth-order valence-corrected chi connectivity index (χ4v) is 2.26. The molecule has 0 amide bonds. The Morgan fingerprint density at radius 2 is 2.10 bits per heavy atom. The number of likely N-dealkylation sites (N-methyl/N-ethyl adjacent to an activating group) is 1. The molecule has 1 atom stereocenters. The summed E-state index contributed by atoms with van der Waals surface area (Å²) >= 11 is 0. The Hall–Kier alpha value is -1.59. The third-order valence-corrected chi connectivity index (χ3v) is 3.42. The summed E-state index contributed by atoms with van der Waals surface area (Å²) in [5.41, 5.74) is 0.0727. The molecule has 21 heavy (non-hydrogen) atoms. The summed E-state index contributed by atoms with van der Waals surface area (Å²) in [5, 5.41) is 12.4. The van der Waals surface area contributed by atoms with Crippen molar-refractivity contribution in [3.05, 3.63) is 29.8 Å². The standard InChI is InChI=1S/C16H25NO4/c1-4-17-16(2,15(19)20-3)10-7-11-21-14-9-6-5-8-13(14)12-18/h5-6,8-9,17-18H,4,7,10-12H2,1-3H3. The van der Waals surface area contributed by atoms with Crippen LogP contribution in [0.15, 0.2) is 24.3 Å². The van der Waals surface area contributed by atoms with Crippen LogP contribution in [0, 0.1) is 0 Å². The molecule has 0 saturated heterocycles. The van der Waals surface area contributed by atoms with E-state index in [0.29, 0.717) is 31.7 Å². The predicted octanol–water partition coefficient (Wildman–Crippen LogP) is 1.88. The highest BCUT2D eigenvalue weighted by atomic mass is 16.5. The highest BCUT2D eigenvalue weighted by Gasteiger charge is 2.32. The van der Waals surface area contributed by atoms with E-state index in [0.717, 1.165) is 5.56 Å². The lowest BCUT2D eigenvalue weighted by Gasteiger charge is -2.27. The smallest absolute Gasteiger partial charge is 0.325 e. The average Bonchev–Trinajstić information content (AvgIpc) is 2.51. The molecule has 1 aromatic carbocycles. The van der Waals surface area contributed by atoms with E-state index in [1.165, 1.54) is 7.11 Å². The molecule has 1 unspecified atom stereocenters. The van der Waals surface area contributed by atoms with Gasteiger partial charge in [0.2, 0.25) is 0 Å².